The fourth-order valence-corrected chi connectivity index (χ4v) is 2.10. The van der Waals surface area contributed by atoms with Crippen LogP contribution in [0.15, 0.2) is 54.6 Å². The van der Waals surface area contributed by atoms with Gasteiger partial charge in [-0.2, -0.15) is 0 Å². The van der Waals surface area contributed by atoms with Crippen molar-refractivity contribution in [2.75, 3.05) is 0 Å². The average Bonchev–Trinajstić information content (AvgIpc) is 2.89. The first-order valence-corrected chi connectivity index (χ1v) is 6.38. The maximum atomic E-state index is 9.14. The zero-order chi connectivity index (χ0) is 13.9. The summed E-state index contributed by atoms with van der Waals surface area (Å²) in [5, 5.41) is 19.2. The van der Waals surface area contributed by atoms with Crippen molar-refractivity contribution in [2.24, 2.45) is 0 Å². The molecule has 0 aliphatic rings. The van der Waals surface area contributed by atoms with Crippen molar-refractivity contribution in [1.82, 2.24) is 4.98 Å². The molecule has 0 saturated carbocycles. The van der Waals surface area contributed by atoms with Crippen LogP contribution in [0.1, 0.15) is 5.56 Å². The van der Waals surface area contributed by atoms with Crippen molar-refractivity contribution < 1.29 is 14.8 Å². The van der Waals surface area contributed by atoms with Crippen molar-refractivity contribution in [2.45, 2.75) is 6.61 Å². The molecule has 0 bridgehead atoms. The quantitative estimate of drug-likeness (QED) is 0.626. The van der Waals surface area contributed by atoms with Crippen LogP contribution in [0.2, 0.25) is 0 Å². The molecule has 5 heteroatoms. The Labute approximate surface area is 116 Å². The van der Waals surface area contributed by atoms with Crippen LogP contribution in [-0.4, -0.2) is 22.2 Å². The standard InChI is InChI=1S/C15H14BNO3/c18-16(19)15-8-12-6-7-13(9-14(12)17-15)20-10-11-4-2-1-3-5-11/h1-9,17-19H,10H2. The fraction of sp³-hybridized carbons (Fsp3) is 0.0667. The summed E-state index contributed by atoms with van der Waals surface area (Å²) < 4.78 is 5.72. The number of hydrogen-bond acceptors (Lipinski definition) is 3. The van der Waals surface area contributed by atoms with Crippen molar-refractivity contribution in [3.8, 4) is 5.75 Å². The molecule has 20 heavy (non-hydrogen) atoms. The summed E-state index contributed by atoms with van der Waals surface area (Å²) in [5.74, 6) is 0.738. The van der Waals surface area contributed by atoms with Crippen molar-refractivity contribution >= 4 is 23.6 Å². The summed E-state index contributed by atoms with van der Waals surface area (Å²) in [5.41, 5.74) is 2.30. The Morgan fingerprint density at radius 2 is 1.80 bits per heavy atom. The number of ether oxygens (including phenoxy) is 1. The van der Waals surface area contributed by atoms with E-state index < -0.39 is 7.12 Å². The number of aromatic amines is 1. The van der Waals surface area contributed by atoms with Gasteiger partial charge in [0, 0.05) is 17.2 Å². The van der Waals surface area contributed by atoms with E-state index in [1.807, 2.05) is 48.5 Å². The zero-order valence-electron chi connectivity index (χ0n) is 10.8. The molecule has 100 valence electrons. The lowest BCUT2D eigenvalue weighted by Crippen LogP contribution is -2.30. The zero-order valence-corrected chi connectivity index (χ0v) is 10.8. The van der Waals surface area contributed by atoms with Gasteiger partial charge in [0.05, 0.1) is 0 Å². The first-order chi connectivity index (χ1) is 9.72. The molecule has 1 heterocycles. The summed E-state index contributed by atoms with van der Waals surface area (Å²) in [6.07, 6.45) is 0. The molecule has 2 aromatic carbocycles. The molecule has 3 rings (SSSR count). The minimum Gasteiger partial charge on any atom is -0.489 e. The van der Waals surface area contributed by atoms with Crippen LogP contribution in [0.5, 0.6) is 5.75 Å². The van der Waals surface area contributed by atoms with E-state index in [1.54, 1.807) is 6.07 Å². The lowest BCUT2D eigenvalue weighted by atomic mass is 9.87. The molecule has 1 aromatic heterocycles. The van der Waals surface area contributed by atoms with Gasteiger partial charge in [-0.25, -0.2) is 0 Å². The van der Waals surface area contributed by atoms with Crippen LogP contribution >= 0.6 is 0 Å². The Morgan fingerprint density at radius 1 is 1.00 bits per heavy atom. The van der Waals surface area contributed by atoms with Crippen LogP contribution in [0, 0.1) is 0 Å². The van der Waals surface area contributed by atoms with E-state index in [4.69, 9.17) is 14.8 Å². The van der Waals surface area contributed by atoms with Crippen LogP contribution in [0.4, 0.5) is 0 Å². The van der Waals surface area contributed by atoms with E-state index in [9.17, 15) is 0 Å². The molecule has 3 N–H and O–H groups in total. The molecule has 0 spiro atoms. The van der Waals surface area contributed by atoms with E-state index >= 15 is 0 Å². The van der Waals surface area contributed by atoms with Gasteiger partial charge in [0.2, 0.25) is 0 Å². The third-order valence-electron chi connectivity index (χ3n) is 3.14. The molecule has 0 aliphatic carbocycles. The second-order valence-corrected chi connectivity index (χ2v) is 4.62. The molecule has 0 atom stereocenters. The number of rotatable bonds is 4. The molecule has 3 aromatic rings. The Bertz CT molecular complexity index is 709. The molecule has 0 unspecified atom stereocenters. The van der Waals surface area contributed by atoms with Crippen LogP contribution < -0.4 is 10.3 Å². The van der Waals surface area contributed by atoms with Gasteiger partial charge in [0.15, 0.2) is 0 Å². The number of nitrogens with one attached hydrogen (secondary N) is 1. The van der Waals surface area contributed by atoms with Gasteiger partial charge in [0.1, 0.15) is 12.4 Å². The predicted molar refractivity (Wildman–Crippen MR) is 78.9 cm³/mol. The molecular weight excluding hydrogens is 253 g/mol. The highest BCUT2D eigenvalue weighted by Gasteiger charge is 2.14. The second kappa shape index (κ2) is 5.40. The fourth-order valence-electron chi connectivity index (χ4n) is 2.10. The summed E-state index contributed by atoms with van der Waals surface area (Å²) >= 11 is 0. The second-order valence-electron chi connectivity index (χ2n) is 4.62. The largest absolute Gasteiger partial charge is 0.505 e. The topological polar surface area (TPSA) is 65.5 Å². The minimum absolute atomic E-state index is 0.375. The number of fused-ring (bicyclic) bond motifs is 1. The first kappa shape index (κ1) is 12.8. The highest BCUT2D eigenvalue weighted by molar-refractivity contribution is 6.58. The van der Waals surface area contributed by atoms with E-state index in [0.29, 0.717) is 12.2 Å². The van der Waals surface area contributed by atoms with Crippen LogP contribution in [0.25, 0.3) is 10.9 Å². The van der Waals surface area contributed by atoms with Gasteiger partial charge in [-0.1, -0.05) is 30.3 Å². The van der Waals surface area contributed by atoms with Gasteiger partial charge < -0.3 is 19.8 Å². The number of hydrogen-bond donors (Lipinski definition) is 3. The number of aromatic nitrogens is 1. The highest BCUT2D eigenvalue weighted by Crippen LogP contribution is 2.20. The van der Waals surface area contributed by atoms with Gasteiger partial charge in [-0.15, -0.1) is 0 Å². The highest BCUT2D eigenvalue weighted by atomic mass is 16.5. The number of H-pyrrole nitrogens is 1. The minimum atomic E-state index is -1.49. The normalized spacial score (nSPS) is 10.7. The van der Waals surface area contributed by atoms with E-state index in [0.717, 1.165) is 22.2 Å². The van der Waals surface area contributed by atoms with Crippen molar-refractivity contribution in [3.63, 3.8) is 0 Å². The lowest BCUT2D eigenvalue weighted by molar-refractivity contribution is 0.306. The molecule has 0 aliphatic heterocycles. The average molecular weight is 267 g/mol. The van der Waals surface area contributed by atoms with E-state index in [1.165, 1.54) is 0 Å². The molecule has 0 amide bonds. The van der Waals surface area contributed by atoms with Gasteiger partial charge in [-0.05, 0) is 29.1 Å². The molecule has 4 nitrogen and oxygen atoms in total. The maximum Gasteiger partial charge on any atom is 0.505 e. The molecule has 0 fully saturated rings. The summed E-state index contributed by atoms with van der Waals surface area (Å²) in [4.78, 5) is 2.95. The Kier molecular flexibility index (Phi) is 3.45. The van der Waals surface area contributed by atoms with Crippen molar-refractivity contribution in [1.29, 1.82) is 0 Å². The third kappa shape index (κ3) is 2.69. The number of benzene rings is 2. The van der Waals surface area contributed by atoms with E-state index in [2.05, 4.69) is 4.98 Å². The van der Waals surface area contributed by atoms with E-state index in [-0.39, 0.29) is 0 Å². The Morgan fingerprint density at radius 3 is 2.55 bits per heavy atom. The molecular formula is C15H14BNO3. The lowest BCUT2D eigenvalue weighted by Gasteiger charge is -2.06. The smallest absolute Gasteiger partial charge is 0.489 e. The van der Waals surface area contributed by atoms with Gasteiger partial charge >= 0.3 is 7.12 Å². The molecule has 0 saturated heterocycles. The Balaban J connectivity index is 1.78. The van der Waals surface area contributed by atoms with Crippen molar-refractivity contribution in [3.05, 3.63) is 60.2 Å². The summed E-state index contributed by atoms with van der Waals surface area (Å²) in [6, 6.07) is 17.2. The summed E-state index contributed by atoms with van der Waals surface area (Å²) in [7, 11) is -1.49. The molecule has 0 radical (unpaired) electrons. The monoisotopic (exact) mass is 267 g/mol. The third-order valence-corrected chi connectivity index (χ3v) is 3.14. The van der Waals surface area contributed by atoms with Crippen LogP contribution in [-0.2, 0) is 6.61 Å². The summed E-state index contributed by atoms with van der Waals surface area (Å²) in [6.45, 7) is 0.503. The first-order valence-electron chi connectivity index (χ1n) is 6.38. The van der Waals surface area contributed by atoms with Gasteiger partial charge in [-0.3, -0.25) is 0 Å². The van der Waals surface area contributed by atoms with Crippen LogP contribution in [0.3, 0.4) is 0 Å². The maximum absolute atomic E-state index is 9.14. The SMILES string of the molecule is OB(O)c1cc2ccc(OCc3ccccc3)cc2[nH]1. The Hall–Kier alpha value is -2.24. The predicted octanol–water partition coefficient (Wildman–Crippen LogP) is 1.43. The van der Waals surface area contributed by atoms with Gasteiger partial charge in [0.25, 0.3) is 0 Å².